The van der Waals surface area contributed by atoms with Gasteiger partial charge in [0.1, 0.15) is 6.04 Å². The van der Waals surface area contributed by atoms with Gasteiger partial charge in [0.2, 0.25) is 0 Å². The molecule has 0 spiro atoms. The van der Waals surface area contributed by atoms with Gasteiger partial charge in [0, 0.05) is 0 Å². The van der Waals surface area contributed by atoms with Crippen molar-refractivity contribution in [2.45, 2.75) is 142 Å². The SMILES string of the molecule is CC(C)CCCCCCCCCCCCCCCCCCCC(N)C(=O)O. The predicted molar refractivity (Wildman–Crippen MR) is 118 cm³/mol. The van der Waals surface area contributed by atoms with Crippen molar-refractivity contribution in [2.75, 3.05) is 0 Å². The van der Waals surface area contributed by atoms with Crippen LogP contribution in [0.4, 0.5) is 0 Å². The second-order valence-electron chi connectivity index (χ2n) is 8.93. The minimum atomic E-state index is -0.868. The van der Waals surface area contributed by atoms with Crippen LogP contribution >= 0.6 is 0 Å². The Morgan fingerprint density at radius 2 is 0.852 bits per heavy atom. The van der Waals surface area contributed by atoms with E-state index in [-0.39, 0.29) is 0 Å². The van der Waals surface area contributed by atoms with Crippen LogP contribution in [0.5, 0.6) is 0 Å². The molecule has 0 aromatic carbocycles. The highest BCUT2D eigenvalue weighted by Crippen LogP contribution is 2.15. The van der Waals surface area contributed by atoms with E-state index in [1.807, 2.05) is 0 Å². The summed E-state index contributed by atoms with van der Waals surface area (Å²) in [4.78, 5) is 10.6. The van der Waals surface area contributed by atoms with Crippen LogP contribution in [-0.2, 0) is 4.79 Å². The molecule has 0 bridgehead atoms. The van der Waals surface area contributed by atoms with Crippen molar-refractivity contribution in [1.29, 1.82) is 0 Å². The average molecular weight is 384 g/mol. The Kier molecular flexibility index (Phi) is 19.7. The third-order valence-corrected chi connectivity index (χ3v) is 5.61. The number of carboxylic acid groups (broad SMARTS) is 1. The molecule has 0 fully saturated rings. The van der Waals surface area contributed by atoms with Crippen molar-refractivity contribution in [3.8, 4) is 0 Å². The summed E-state index contributed by atoms with van der Waals surface area (Å²) in [6, 6.07) is -0.667. The van der Waals surface area contributed by atoms with Crippen LogP contribution in [0.25, 0.3) is 0 Å². The molecule has 0 aliphatic rings. The molecular weight excluding hydrogens is 334 g/mol. The molecule has 0 aromatic heterocycles. The topological polar surface area (TPSA) is 63.3 Å². The van der Waals surface area contributed by atoms with Gasteiger partial charge in [-0.3, -0.25) is 4.79 Å². The smallest absolute Gasteiger partial charge is 0.320 e. The maximum absolute atomic E-state index is 10.6. The second kappa shape index (κ2) is 20.2. The predicted octanol–water partition coefficient (Wildman–Crippen LogP) is 7.47. The van der Waals surface area contributed by atoms with E-state index in [1.54, 1.807) is 0 Å². The van der Waals surface area contributed by atoms with Gasteiger partial charge in [0.05, 0.1) is 0 Å². The highest BCUT2D eigenvalue weighted by atomic mass is 16.4. The normalized spacial score (nSPS) is 12.6. The van der Waals surface area contributed by atoms with Gasteiger partial charge in [-0.1, -0.05) is 129 Å². The summed E-state index contributed by atoms with van der Waals surface area (Å²) in [5.74, 6) is 0.00648. The van der Waals surface area contributed by atoms with Crippen LogP contribution in [-0.4, -0.2) is 17.1 Å². The maximum atomic E-state index is 10.6. The van der Waals surface area contributed by atoms with E-state index in [0.29, 0.717) is 6.42 Å². The van der Waals surface area contributed by atoms with E-state index in [4.69, 9.17) is 10.8 Å². The molecule has 3 heteroatoms. The highest BCUT2D eigenvalue weighted by Gasteiger charge is 2.09. The lowest BCUT2D eigenvalue weighted by molar-refractivity contribution is -0.138. The third-order valence-electron chi connectivity index (χ3n) is 5.61. The Hall–Kier alpha value is -0.570. The van der Waals surface area contributed by atoms with Crippen molar-refractivity contribution in [3.63, 3.8) is 0 Å². The molecule has 0 rings (SSSR count). The molecule has 3 N–H and O–H groups in total. The molecule has 1 atom stereocenters. The quantitative estimate of drug-likeness (QED) is 0.202. The van der Waals surface area contributed by atoms with E-state index < -0.39 is 12.0 Å². The molecule has 0 amide bonds. The molecule has 0 heterocycles. The van der Waals surface area contributed by atoms with E-state index in [9.17, 15) is 4.79 Å². The van der Waals surface area contributed by atoms with Crippen LogP contribution in [0, 0.1) is 5.92 Å². The zero-order chi connectivity index (χ0) is 20.2. The first-order valence-electron chi connectivity index (χ1n) is 12.0. The molecule has 0 aromatic rings. The van der Waals surface area contributed by atoms with E-state index in [0.717, 1.165) is 18.8 Å². The van der Waals surface area contributed by atoms with E-state index in [2.05, 4.69) is 13.8 Å². The van der Waals surface area contributed by atoms with Crippen LogP contribution in [0.3, 0.4) is 0 Å². The molecule has 0 aliphatic carbocycles. The third kappa shape index (κ3) is 21.6. The zero-order valence-corrected chi connectivity index (χ0v) is 18.5. The number of rotatable bonds is 21. The Bertz CT molecular complexity index is 318. The fourth-order valence-corrected chi connectivity index (χ4v) is 3.69. The molecule has 1 unspecified atom stereocenters. The number of hydrogen-bond donors (Lipinski definition) is 2. The van der Waals surface area contributed by atoms with Crippen LogP contribution < -0.4 is 5.73 Å². The first kappa shape index (κ1) is 26.4. The number of carbonyl (C=O) groups is 1. The molecule has 162 valence electrons. The second-order valence-corrected chi connectivity index (χ2v) is 8.93. The fourth-order valence-electron chi connectivity index (χ4n) is 3.69. The lowest BCUT2D eigenvalue weighted by Gasteiger charge is -2.06. The summed E-state index contributed by atoms with van der Waals surface area (Å²) in [6.07, 6.45) is 25.0. The van der Waals surface area contributed by atoms with Gasteiger partial charge < -0.3 is 10.8 Å². The summed E-state index contributed by atoms with van der Waals surface area (Å²) in [5.41, 5.74) is 5.50. The zero-order valence-electron chi connectivity index (χ0n) is 18.5. The molecule has 0 radical (unpaired) electrons. The minimum absolute atomic E-state index is 0.619. The van der Waals surface area contributed by atoms with Crippen LogP contribution in [0.1, 0.15) is 136 Å². The number of hydrogen-bond acceptors (Lipinski definition) is 2. The monoisotopic (exact) mass is 383 g/mol. The van der Waals surface area contributed by atoms with Crippen molar-refractivity contribution < 1.29 is 9.90 Å². The fraction of sp³-hybridized carbons (Fsp3) is 0.958. The molecule has 27 heavy (non-hydrogen) atoms. The summed E-state index contributed by atoms with van der Waals surface area (Å²) in [5, 5.41) is 8.72. The van der Waals surface area contributed by atoms with Crippen molar-refractivity contribution in [3.05, 3.63) is 0 Å². The van der Waals surface area contributed by atoms with E-state index in [1.165, 1.54) is 103 Å². The molecule has 3 nitrogen and oxygen atoms in total. The molecule has 0 saturated carbocycles. The number of aliphatic carboxylic acids is 1. The standard InChI is InChI=1S/C24H49NO2/c1-22(2)20-18-16-14-12-10-8-6-4-3-5-7-9-11-13-15-17-19-21-23(25)24(26)27/h22-23H,3-21,25H2,1-2H3,(H,26,27). The highest BCUT2D eigenvalue weighted by molar-refractivity contribution is 5.72. The van der Waals surface area contributed by atoms with Crippen LogP contribution in [0.15, 0.2) is 0 Å². The average Bonchev–Trinajstić information content (AvgIpc) is 2.63. The minimum Gasteiger partial charge on any atom is -0.480 e. The van der Waals surface area contributed by atoms with Crippen molar-refractivity contribution in [2.24, 2.45) is 11.7 Å². The van der Waals surface area contributed by atoms with Gasteiger partial charge in [0.25, 0.3) is 0 Å². The number of carboxylic acids is 1. The van der Waals surface area contributed by atoms with Gasteiger partial charge in [0.15, 0.2) is 0 Å². The van der Waals surface area contributed by atoms with Gasteiger partial charge in [-0.25, -0.2) is 0 Å². The molecule has 0 saturated heterocycles. The van der Waals surface area contributed by atoms with Gasteiger partial charge >= 0.3 is 5.97 Å². The van der Waals surface area contributed by atoms with Crippen molar-refractivity contribution >= 4 is 5.97 Å². The Morgan fingerprint density at radius 3 is 1.11 bits per heavy atom. The van der Waals surface area contributed by atoms with Gasteiger partial charge in [-0.2, -0.15) is 0 Å². The van der Waals surface area contributed by atoms with E-state index >= 15 is 0 Å². The number of unbranched alkanes of at least 4 members (excludes halogenated alkanes) is 16. The summed E-state index contributed by atoms with van der Waals surface area (Å²) in [7, 11) is 0. The molecular formula is C24H49NO2. The number of nitrogens with two attached hydrogens (primary N) is 1. The van der Waals surface area contributed by atoms with Crippen molar-refractivity contribution in [1.82, 2.24) is 0 Å². The summed E-state index contributed by atoms with van der Waals surface area (Å²) < 4.78 is 0. The Labute approximate surface area is 169 Å². The Morgan fingerprint density at radius 1 is 0.593 bits per heavy atom. The first-order chi connectivity index (χ1) is 13.0. The summed E-state index contributed by atoms with van der Waals surface area (Å²) in [6.45, 7) is 4.65. The van der Waals surface area contributed by atoms with Gasteiger partial charge in [-0.15, -0.1) is 0 Å². The first-order valence-corrected chi connectivity index (χ1v) is 12.0. The summed E-state index contributed by atoms with van der Waals surface area (Å²) >= 11 is 0. The lowest BCUT2D eigenvalue weighted by atomic mass is 10.0. The van der Waals surface area contributed by atoms with Crippen LogP contribution in [0.2, 0.25) is 0 Å². The molecule has 0 aliphatic heterocycles. The largest absolute Gasteiger partial charge is 0.480 e. The van der Waals surface area contributed by atoms with Gasteiger partial charge in [-0.05, 0) is 12.3 Å². The lowest BCUT2D eigenvalue weighted by Crippen LogP contribution is -2.29. The Balaban J connectivity index is 3.06. The maximum Gasteiger partial charge on any atom is 0.320 e.